The smallest absolute Gasteiger partial charge is 0.338 e. The van der Waals surface area contributed by atoms with E-state index < -0.39 is 42.6 Å². The van der Waals surface area contributed by atoms with Crippen molar-refractivity contribution in [3.8, 4) is 0 Å². The molecule has 2 heterocycles. The molecule has 1 N–H and O–H groups in total. The fourth-order valence-electron chi connectivity index (χ4n) is 3.51. The second-order valence-electron chi connectivity index (χ2n) is 7.49. The highest BCUT2D eigenvalue weighted by Crippen LogP contribution is 2.38. The number of rotatable bonds is 5. The van der Waals surface area contributed by atoms with Crippen molar-refractivity contribution >= 4 is 5.97 Å². The van der Waals surface area contributed by atoms with Crippen molar-refractivity contribution in [1.82, 2.24) is 0 Å². The number of esters is 1. The number of carbonyl (C=O) groups excluding carboxylic acids is 1. The highest BCUT2D eigenvalue weighted by Gasteiger charge is 2.57. The van der Waals surface area contributed by atoms with Crippen LogP contribution in [0.4, 0.5) is 0 Å². The van der Waals surface area contributed by atoms with Crippen LogP contribution >= 0.6 is 0 Å². The van der Waals surface area contributed by atoms with E-state index >= 15 is 0 Å². The maximum absolute atomic E-state index is 12.7. The summed E-state index contributed by atoms with van der Waals surface area (Å²) in [7, 11) is 0. The molecule has 2 aromatic rings. The summed E-state index contributed by atoms with van der Waals surface area (Å²) in [5, 5.41) is 10.4. The van der Waals surface area contributed by atoms with E-state index in [1.165, 1.54) is 0 Å². The molecule has 7 nitrogen and oxygen atoms in total. The minimum Gasteiger partial charge on any atom is -0.450 e. The summed E-state index contributed by atoms with van der Waals surface area (Å²) in [4.78, 5) is 12.7. The van der Waals surface area contributed by atoms with Gasteiger partial charge < -0.3 is 28.8 Å². The summed E-state index contributed by atoms with van der Waals surface area (Å²) < 4.78 is 28.9. The van der Waals surface area contributed by atoms with E-state index in [9.17, 15) is 9.90 Å². The highest BCUT2D eigenvalue weighted by atomic mass is 16.8. The zero-order chi connectivity index (χ0) is 20.4. The molecule has 0 aromatic heterocycles. The Kier molecular flexibility index (Phi) is 5.67. The van der Waals surface area contributed by atoms with Crippen LogP contribution in [0.1, 0.15) is 29.8 Å². The number of fused-ring (bicyclic) bond motifs is 1. The van der Waals surface area contributed by atoms with Crippen LogP contribution in [0.5, 0.6) is 0 Å². The van der Waals surface area contributed by atoms with Crippen LogP contribution in [0.3, 0.4) is 0 Å². The maximum Gasteiger partial charge on any atom is 0.338 e. The lowest BCUT2D eigenvalue weighted by Gasteiger charge is -2.39. The molecule has 0 radical (unpaired) electrons. The van der Waals surface area contributed by atoms with E-state index in [-0.39, 0.29) is 6.61 Å². The highest BCUT2D eigenvalue weighted by molar-refractivity contribution is 5.89. The predicted octanol–water partition coefficient (Wildman–Crippen LogP) is 2.62. The average Bonchev–Trinajstić information content (AvgIpc) is 3.06. The molecule has 0 bridgehead atoms. The van der Waals surface area contributed by atoms with E-state index in [0.717, 1.165) is 5.56 Å². The third kappa shape index (κ3) is 4.49. The first-order chi connectivity index (χ1) is 13.9. The zero-order valence-corrected chi connectivity index (χ0v) is 16.3. The Bertz CT molecular complexity index is 824. The fraction of sp³-hybridized carbons (Fsp3) is 0.409. The maximum atomic E-state index is 12.7. The largest absolute Gasteiger partial charge is 0.450 e. The first-order valence-corrected chi connectivity index (χ1v) is 9.54. The van der Waals surface area contributed by atoms with Gasteiger partial charge in [0.05, 0.1) is 12.2 Å². The van der Waals surface area contributed by atoms with Gasteiger partial charge in [-0.1, -0.05) is 48.5 Å². The number of ether oxygens (including phenoxy) is 5. The van der Waals surface area contributed by atoms with E-state index in [4.69, 9.17) is 23.7 Å². The number of hydrogen-bond acceptors (Lipinski definition) is 7. The van der Waals surface area contributed by atoms with E-state index in [1.807, 2.05) is 36.4 Å². The molecule has 0 saturated carbocycles. The van der Waals surface area contributed by atoms with Gasteiger partial charge >= 0.3 is 5.97 Å². The Balaban J connectivity index is 1.55. The first kappa shape index (κ1) is 20.0. The van der Waals surface area contributed by atoms with E-state index in [0.29, 0.717) is 5.56 Å². The molecule has 2 fully saturated rings. The van der Waals surface area contributed by atoms with Crippen LogP contribution in [-0.2, 0) is 30.3 Å². The third-order valence-electron chi connectivity index (χ3n) is 4.82. The molecule has 7 heteroatoms. The molecular formula is C22H24O7. The Morgan fingerprint density at radius 3 is 2.31 bits per heavy atom. The SMILES string of the molecule is CC1(C)O[C@H]2[C@@H](O1)[C@@H](O)O[C@@H](OCc1ccccc1)[C@@H]2OC(=O)c1ccccc1. The summed E-state index contributed by atoms with van der Waals surface area (Å²) in [6.07, 6.45) is -4.73. The fourth-order valence-corrected chi connectivity index (χ4v) is 3.51. The second kappa shape index (κ2) is 8.22. The van der Waals surface area contributed by atoms with Gasteiger partial charge in [0.15, 0.2) is 18.2 Å². The van der Waals surface area contributed by atoms with Gasteiger partial charge in [-0.2, -0.15) is 0 Å². The van der Waals surface area contributed by atoms with Gasteiger partial charge in [0.1, 0.15) is 12.2 Å². The van der Waals surface area contributed by atoms with E-state index in [1.54, 1.807) is 38.1 Å². The van der Waals surface area contributed by atoms with Crippen molar-refractivity contribution in [3.63, 3.8) is 0 Å². The number of hydrogen-bond donors (Lipinski definition) is 1. The third-order valence-corrected chi connectivity index (χ3v) is 4.82. The van der Waals surface area contributed by atoms with Crippen molar-refractivity contribution in [2.45, 2.75) is 57.1 Å². The first-order valence-electron chi connectivity index (χ1n) is 9.54. The molecule has 154 valence electrons. The standard InChI is InChI=1S/C22H24O7/c1-22(2)28-16-17(29-22)20(24)27-21(25-13-14-9-5-3-6-10-14)18(16)26-19(23)15-11-7-4-8-12-15/h3-12,16-18,20-21,24H,13H2,1-2H3/t16-,17+,18+,20-,21+/m0/s1. The molecule has 4 rings (SSSR count). The lowest BCUT2D eigenvalue weighted by molar-refractivity contribution is -0.324. The van der Waals surface area contributed by atoms with E-state index in [2.05, 4.69) is 0 Å². The lowest BCUT2D eigenvalue weighted by atomic mass is 10.0. The van der Waals surface area contributed by atoms with Gasteiger partial charge in [0.25, 0.3) is 0 Å². The predicted molar refractivity (Wildman–Crippen MR) is 102 cm³/mol. The molecule has 0 unspecified atom stereocenters. The summed E-state index contributed by atoms with van der Waals surface area (Å²) in [5.41, 5.74) is 1.32. The van der Waals surface area contributed by atoms with Gasteiger partial charge in [-0.15, -0.1) is 0 Å². The molecule has 2 aliphatic rings. The molecule has 0 aliphatic carbocycles. The minimum absolute atomic E-state index is 0.221. The van der Waals surface area contributed by atoms with Crippen molar-refractivity contribution < 1.29 is 33.6 Å². The lowest BCUT2D eigenvalue weighted by Crippen LogP contribution is -2.58. The monoisotopic (exact) mass is 400 g/mol. The molecule has 2 aliphatic heterocycles. The van der Waals surface area contributed by atoms with Crippen LogP contribution in [0.15, 0.2) is 60.7 Å². The van der Waals surface area contributed by atoms with Gasteiger partial charge in [-0.25, -0.2) is 4.79 Å². The normalized spacial score (nSPS) is 30.5. The van der Waals surface area contributed by atoms with Crippen molar-refractivity contribution in [2.24, 2.45) is 0 Å². The Hall–Kier alpha value is -2.29. The zero-order valence-electron chi connectivity index (χ0n) is 16.3. The van der Waals surface area contributed by atoms with Gasteiger partial charge in [-0.3, -0.25) is 0 Å². The Labute approximate surface area is 169 Å². The molecule has 2 aromatic carbocycles. The van der Waals surface area contributed by atoms with Crippen LogP contribution in [0, 0.1) is 0 Å². The molecule has 2 saturated heterocycles. The van der Waals surface area contributed by atoms with Crippen LogP contribution in [0.2, 0.25) is 0 Å². The van der Waals surface area contributed by atoms with Crippen molar-refractivity contribution in [2.75, 3.05) is 0 Å². The number of aliphatic hydroxyl groups excluding tert-OH is 1. The number of carbonyl (C=O) groups is 1. The second-order valence-corrected chi connectivity index (χ2v) is 7.49. The quantitative estimate of drug-likeness (QED) is 0.773. The molecule has 0 amide bonds. The van der Waals surface area contributed by atoms with Crippen molar-refractivity contribution in [3.05, 3.63) is 71.8 Å². The molecule has 29 heavy (non-hydrogen) atoms. The van der Waals surface area contributed by atoms with Crippen LogP contribution in [-0.4, -0.2) is 47.8 Å². The van der Waals surface area contributed by atoms with Crippen LogP contribution < -0.4 is 0 Å². The summed E-state index contributed by atoms with van der Waals surface area (Å²) >= 11 is 0. The Morgan fingerprint density at radius 1 is 1.00 bits per heavy atom. The summed E-state index contributed by atoms with van der Waals surface area (Å²) in [6, 6.07) is 18.2. The summed E-state index contributed by atoms with van der Waals surface area (Å²) in [5.74, 6) is -1.48. The van der Waals surface area contributed by atoms with Crippen LogP contribution in [0.25, 0.3) is 0 Å². The molecule has 0 spiro atoms. The topological polar surface area (TPSA) is 83.5 Å². The van der Waals surface area contributed by atoms with Crippen molar-refractivity contribution in [1.29, 1.82) is 0 Å². The molecular weight excluding hydrogens is 376 g/mol. The van der Waals surface area contributed by atoms with Gasteiger partial charge in [0, 0.05) is 0 Å². The van der Waals surface area contributed by atoms with Gasteiger partial charge in [-0.05, 0) is 31.5 Å². The summed E-state index contributed by atoms with van der Waals surface area (Å²) in [6.45, 7) is 3.68. The van der Waals surface area contributed by atoms with Gasteiger partial charge in [0.2, 0.25) is 6.29 Å². The number of aliphatic hydroxyl groups is 1. The molecule has 5 atom stereocenters. The minimum atomic E-state index is -1.27. The average molecular weight is 400 g/mol. The Morgan fingerprint density at radius 2 is 1.62 bits per heavy atom. The number of benzene rings is 2.